The number of carbonyl (C=O) groups excluding carboxylic acids is 1. The molecular weight excluding hydrogens is 226 g/mol. The second-order valence-corrected chi connectivity index (χ2v) is 5.43. The highest BCUT2D eigenvalue weighted by Gasteiger charge is 2.23. The van der Waals surface area contributed by atoms with Gasteiger partial charge in [-0.15, -0.1) is 0 Å². The lowest BCUT2D eigenvalue weighted by Gasteiger charge is -2.22. The summed E-state index contributed by atoms with van der Waals surface area (Å²) in [4.78, 5) is 14.1. The summed E-state index contributed by atoms with van der Waals surface area (Å²) >= 11 is 0. The highest BCUT2D eigenvalue weighted by atomic mass is 16.2. The Morgan fingerprint density at radius 1 is 1.33 bits per heavy atom. The third-order valence-corrected chi connectivity index (χ3v) is 4.21. The van der Waals surface area contributed by atoms with E-state index in [0.29, 0.717) is 6.54 Å². The zero-order valence-corrected chi connectivity index (χ0v) is 10.8. The van der Waals surface area contributed by atoms with E-state index < -0.39 is 0 Å². The molecule has 1 aromatic rings. The molecule has 1 atom stereocenters. The summed E-state index contributed by atoms with van der Waals surface area (Å²) in [5.74, 6) is 0.255. The third-order valence-electron chi connectivity index (χ3n) is 4.21. The predicted octanol–water partition coefficient (Wildman–Crippen LogP) is 1.45. The molecule has 1 unspecified atom stereocenters. The summed E-state index contributed by atoms with van der Waals surface area (Å²) in [6.07, 6.45) is 7.60. The van der Waals surface area contributed by atoms with Crippen molar-refractivity contribution in [1.29, 1.82) is 0 Å². The average Bonchev–Trinajstić information content (AvgIpc) is 2.99. The van der Waals surface area contributed by atoms with Gasteiger partial charge in [-0.2, -0.15) is 0 Å². The molecule has 2 N–H and O–H groups in total. The zero-order valence-electron chi connectivity index (χ0n) is 10.8. The molecule has 1 aliphatic heterocycles. The maximum atomic E-state index is 12.2. The Balaban J connectivity index is 1.75. The number of aromatic nitrogens is 1. The van der Waals surface area contributed by atoms with Crippen LogP contribution in [0, 0.1) is 0 Å². The lowest BCUT2D eigenvalue weighted by Crippen LogP contribution is -2.31. The number of hydrogen-bond donors (Lipinski definition) is 1. The van der Waals surface area contributed by atoms with Crippen molar-refractivity contribution in [2.24, 2.45) is 5.73 Å². The fourth-order valence-electron chi connectivity index (χ4n) is 3.15. The smallest absolute Gasteiger partial charge is 0.242 e. The molecule has 1 fully saturated rings. The number of nitrogens with two attached hydrogens (primary N) is 1. The van der Waals surface area contributed by atoms with E-state index in [0.717, 1.165) is 45.2 Å². The molecule has 3 rings (SSSR count). The van der Waals surface area contributed by atoms with Gasteiger partial charge in [0, 0.05) is 31.0 Å². The molecule has 2 heterocycles. The number of nitrogens with zero attached hydrogens (tertiary/aromatic N) is 2. The van der Waals surface area contributed by atoms with Crippen LogP contribution in [-0.4, -0.2) is 28.5 Å². The number of hydrogen-bond acceptors (Lipinski definition) is 2. The Morgan fingerprint density at radius 3 is 2.89 bits per heavy atom. The molecule has 0 bridgehead atoms. The minimum absolute atomic E-state index is 0.164. The van der Waals surface area contributed by atoms with Crippen LogP contribution in [0.1, 0.15) is 43.0 Å². The second-order valence-electron chi connectivity index (χ2n) is 5.43. The van der Waals surface area contributed by atoms with Gasteiger partial charge >= 0.3 is 0 Å². The van der Waals surface area contributed by atoms with Gasteiger partial charge in [-0.25, -0.2) is 0 Å². The van der Waals surface area contributed by atoms with E-state index in [1.165, 1.54) is 11.3 Å². The van der Waals surface area contributed by atoms with E-state index in [1.807, 2.05) is 11.1 Å². The normalized spacial score (nSPS) is 23.2. The molecule has 0 radical (unpaired) electrons. The Bertz CT molecular complexity index is 446. The summed E-state index contributed by atoms with van der Waals surface area (Å²) in [6.45, 7) is 2.35. The highest BCUT2D eigenvalue weighted by Crippen LogP contribution is 2.28. The first-order valence-electron chi connectivity index (χ1n) is 6.97. The summed E-state index contributed by atoms with van der Waals surface area (Å²) in [6, 6.07) is 2.26. The number of likely N-dealkylation sites (tertiary alicyclic amines) is 1. The Morgan fingerprint density at radius 2 is 2.11 bits per heavy atom. The molecule has 0 aromatic carbocycles. The van der Waals surface area contributed by atoms with Gasteiger partial charge < -0.3 is 15.2 Å². The minimum atomic E-state index is 0.164. The average molecular weight is 247 g/mol. The van der Waals surface area contributed by atoms with Crippen LogP contribution in [-0.2, 0) is 17.8 Å². The SMILES string of the molecule is NC1CCCc2c1ccn2CC(=O)N1CCCC1. The standard InChI is InChI=1S/C14H21N3O/c15-12-4-3-5-13-11(12)6-9-17(13)10-14(18)16-7-1-2-8-16/h6,9,12H,1-5,7-8,10,15H2. The molecule has 4 heteroatoms. The molecule has 1 amide bonds. The van der Waals surface area contributed by atoms with Crippen LogP contribution in [0.2, 0.25) is 0 Å². The molecule has 98 valence electrons. The monoisotopic (exact) mass is 247 g/mol. The molecule has 4 nitrogen and oxygen atoms in total. The van der Waals surface area contributed by atoms with Crippen LogP contribution in [0.25, 0.3) is 0 Å². The summed E-state index contributed by atoms with van der Waals surface area (Å²) < 4.78 is 2.11. The van der Waals surface area contributed by atoms with E-state index in [2.05, 4.69) is 10.6 Å². The van der Waals surface area contributed by atoms with Gasteiger partial charge in [-0.1, -0.05) is 0 Å². The van der Waals surface area contributed by atoms with Crippen molar-refractivity contribution < 1.29 is 4.79 Å². The minimum Gasteiger partial charge on any atom is -0.342 e. The van der Waals surface area contributed by atoms with Crippen molar-refractivity contribution >= 4 is 5.91 Å². The number of fused-ring (bicyclic) bond motifs is 1. The third kappa shape index (κ3) is 2.05. The van der Waals surface area contributed by atoms with Crippen molar-refractivity contribution in [2.45, 2.75) is 44.7 Å². The first-order chi connectivity index (χ1) is 8.75. The van der Waals surface area contributed by atoms with Crippen LogP contribution in [0.3, 0.4) is 0 Å². The Kier molecular flexibility index (Phi) is 3.12. The quantitative estimate of drug-likeness (QED) is 0.860. The van der Waals surface area contributed by atoms with Gasteiger partial charge in [0.25, 0.3) is 0 Å². The van der Waals surface area contributed by atoms with Gasteiger partial charge in [-0.3, -0.25) is 4.79 Å². The van der Waals surface area contributed by atoms with E-state index >= 15 is 0 Å². The number of carbonyl (C=O) groups is 1. The van der Waals surface area contributed by atoms with Gasteiger partial charge in [0.2, 0.25) is 5.91 Å². The molecule has 0 saturated carbocycles. The second kappa shape index (κ2) is 4.76. The molecule has 2 aliphatic rings. The van der Waals surface area contributed by atoms with Crippen LogP contribution in [0.4, 0.5) is 0 Å². The number of rotatable bonds is 2. The van der Waals surface area contributed by atoms with E-state index in [9.17, 15) is 4.79 Å². The van der Waals surface area contributed by atoms with Gasteiger partial charge in [0.15, 0.2) is 0 Å². The first-order valence-corrected chi connectivity index (χ1v) is 6.97. The topological polar surface area (TPSA) is 51.3 Å². The first kappa shape index (κ1) is 11.8. The van der Waals surface area contributed by atoms with E-state index in [-0.39, 0.29) is 11.9 Å². The fourth-order valence-corrected chi connectivity index (χ4v) is 3.15. The molecule has 1 aromatic heterocycles. The molecule has 0 spiro atoms. The van der Waals surface area contributed by atoms with Crippen molar-refractivity contribution in [3.63, 3.8) is 0 Å². The van der Waals surface area contributed by atoms with Crippen LogP contribution in [0.15, 0.2) is 12.3 Å². The molecular formula is C14H21N3O. The Labute approximate surface area is 108 Å². The van der Waals surface area contributed by atoms with Crippen molar-refractivity contribution in [3.05, 3.63) is 23.5 Å². The van der Waals surface area contributed by atoms with Crippen molar-refractivity contribution in [3.8, 4) is 0 Å². The fraction of sp³-hybridized carbons (Fsp3) is 0.643. The summed E-state index contributed by atoms with van der Waals surface area (Å²) in [5.41, 5.74) is 8.63. The van der Waals surface area contributed by atoms with Crippen molar-refractivity contribution in [2.75, 3.05) is 13.1 Å². The van der Waals surface area contributed by atoms with E-state index in [1.54, 1.807) is 0 Å². The predicted molar refractivity (Wildman–Crippen MR) is 70.1 cm³/mol. The van der Waals surface area contributed by atoms with Gasteiger partial charge in [-0.05, 0) is 43.7 Å². The maximum absolute atomic E-state index is 12.2. The lowest BCUT2D eigenvalue weighted by atomic mass is 9.94. The largest absolute Gasteiger partial charge is 0.342 e. The molecule has 1 saturated heterocycles. The Hall–Kier alpha value is -1.29. The van der Waals surface area contributed by atoms with Crippen LogP contribution >= 0.6 is 0 Å². The number of amides is 1. The van der Waals surface area contributed by atoms with Crippen LogP contribution < -0.4 is 5.73 Å². The maximum Gasteiger partial charge on any atom is 0.242 e. The van der Waals surface area contributed by atoms with E-state index in [4.69, 9.17) is 5.73 Å². The van der Waals surface area contributed by atoms with Crippen LogP contribution in [0.5, 0.6) is 0 Å². The van der Waals surface area contributed by atoms with Crippen molar-refractivity contribution in [1.82, 2.24) is 9.47 Å². The summed E-state index contributed by atoms with van der Waals surface area (Å²) in [7, 11) is 0. The summed E-state index contributed by atoms with van der Waals surface area (Å²) in [5, 5.41) is 0. The zero-order chi connectivity index (χ0) is 12.5. The van der Waals surface area contributed by atoms with Gasteiger partial charge in [0.1, 0.15) is 6.54 Å². The molecule has 18 heavy (non-hydrogen) atoms. The van der Waals surface area contributed by atoms with Gasteiger partial charge in [0.05, 0.1) is 0 Å². The lowest BCUT2D eigenvalue weighted by molar-refractivity contribution is -0.130. The highest BCUT2D eigenvalue weighted by molar-refractivity contribution is 5.76. The molecule has 1 aliphatic carbocycles.